The number of hydrogen-bond acceptors (Lipinski definition) is 4. The lowest BCUT2D eigenvalue weighted by molar-refractivity contribution is -0.112. The van der Waals surface area contributed by atoms with Gasteiger partial charge in [0.05, 0.1) is 7.11 Å². The highest BCUT2D eigenvalue weighted by Gasteiger charge is 2.14. The molecule has 156 valence electrons. The summed E-state index contributed by atoms with van der Waals surface area (Å²) in [4.78, 5) is 12.6. The highest BCUT2D eigenvalue weighted by Crippen LogP contribution is 2.33. The fourth-order valence-corrected chi connectivity index (χ4v) is 3.26. The Morgan fingerprint density at radius 2 is 1.68 bits per heavy atom. The monoisotopic (exact) mass is 540 g/mol. The maximum Gasteiger partial charge on any atom is 0.266 e. The number of rotatable bonds is 7. The van der Waals surface area contributed by atoms with Crippen LogP contribution in [0.3, 0.4) is 0 Å². The average molecular weight is 542 g/mol. The van der Waals surface area contributed by atoms with Crippen molar-refractivity contribution in [2.45, 2.75) is 6.61 Å². The summed E-state index contributed by atoms with van der Waals surface area (Å²) in [5.74, 6) is 0.458. The van der Waals surface area contributed by atoms with Gasteiger partial charge in [0.15, 0.2) is 11.5 Å². The number of hydrogen-bond donors (Lipinski definition) is 1. The molecule has 31 heavy (non-hydrogen) atoms. The molecule has 0 radical (unpaired) electrons. The number of nitriles is 1. The second kappa shape index (κ2) is 10.8. The van der Waals surface area contributed by atoms with Gasteiger partial charge in [-0.25, -0.2) is 0 Å². The molecule has 0 saturated carbocycles. The fourth-order valence-electron chi connectivity index (χ4n) is 2.73. The molecule has 3 aromatic rings. The molecule has 0 spiro atoms. The lowest BCUT2D eigenvalue weighted by atomic mass is 10.1. The van der Waals surface area contributed by atoms with E-state index in [0.29, 0.717) is 29.4 Å². The summed E-state index contributed by atoms with van der Waals surface area (Å²) in [6, 6.07) is 22.1. The number of anilines is 1. The van der Waals surface area contributed by atoms with Crippen LogP contribution in [0.1, 0.15) is 11.1 Å². The molecule has 1 N–H and O–H groups in total. The molecule has 0 saturated heterocycles. The third kappa shape index (κ3) is 6.20. The van der Waals surface area contributed by atoms with Crippen LogP contribution in [0.25, 0.3) is 6.08 Å². The summed E-state index contributed by atoms with van der Waals surface area (Å²) >= 11 is 6.76. The van der Waals surface area contributed by atoms with E-state index in [2.05, 4.69) is 37.2 Å². The van der Waals surface area contributed by atoms with Crippen molar-refractivity contribution in [3.63, 3.8) is 0 Å². The van der Waals surface area contributed by atoms with Gasteiger partial charge in [0, 0.05) is 20.2 Å². The van der Waals surface area contributed by atoms with Crippen molar-refractivity contribution >= 4 is 49.5 Å². The first-order valence-electron chi connectivity index (χ1n) is 9.23. The molecule has 7 heteroatoms. The largest absolute Gasteiger partial charge is 0.493 e. The van der Waals surface area contributed by atoms with Gasteiger partial charge in [0.25, 0.3) is 5.91 Å². The molecule has 0 atom stereocenters. The van der Waals surface area contributed by atoms with E-state index in [1.165, 1.54) is 6.08 Å². The molecule has 3 rings (SSSR count). The highest BCUT2D eigenvalue weighted by atomic mass is 79.9. The molecule has 0 aliphatic carbocycles. The Labute approximate surface area is 197 Å². The number of carbonyl (C=O) groups excluding carboxylic acids is 1. The Bertz CT molecular complexity index is 1130. The number of nitrogens with zero attached hydrogens (tertiary/aromatic N) is 1. The normalized spacial score (nSPS) is 10.8. The zero-order valence-electron chi connectivity index (χ0n) is 16.6. The van der Waals surface area contributed by atoms with Gasteiger partial charge in [-0.1, -0.05) is 56.1 Å². The zero-order chi connectivity index (χ0) is 22.2. The van der Waals surface area contributed by atoms with E-state index < -0.39 is 5.91 Å². The van der Waals surface area contributed by atoms with Crippen LogP contribution in [0.5, 0.6) is 11.5 Å². The summed E-state index contributed by atoms with van der Waals surface area (Å²) in [6.45, 7) is 0.307. The molecule has 0 bridgehead atoms. The number of para-hydroxylation sites is 1. The SMILES string of the molecule is COc1cccc(/C=C(\C#N)C(=O)Nc2ccc(Br)cc2)c1OCc1ccc(Br)cc1. The Balaban J connectivity index is 1.86. The molecule has 0 unspecified atom stereocenters. The second-order valence-corrected chi connectivity index (χ2v) is 8.26. The van der Waals surface area contributed by atoms with Crippen molar-refractivity contribution in [1.82, 2.24) is 0 Å². The van der Waals surface area contributed by atoms with Gasteiger partial charge in [-0.05, 0) is 54.1 Å². The zero-order valence-corrected chi connectivity index (χ0v) is 19.7. The van der Waals surface area contributed by atoms with Gasteiger partial charge in [0.2, 0.25) is 0 Å². The topological polar surface area (TPSA) is 71.3 Å². The van der Waals surface area contributed by atoms with E-state index in [1.807, 2.05) is 42.5 Å². The first-order valence-corrected chi connectivity index (χ1v) is 10.8. The summed E-state index contributed by atoms with van der Waals surface area (Å²) < 4.78 is 13.3. The Morgan fingerprint density at radius 1 is 1.03 bits per heavy atom. The van der Waals surface area contributed by atoms with Crippen LogP contribution >= 0.6 is 31.9 Å². The molecular formula is C24H18Br2N2O3. The third-order valence-electron chi connectivity index (χ3n) is 4.29. The van der Waals surface area contributed by atoms with Crippen molar-refractivity contribution in [1.29, 1.82) is 5.26 Å². The number of carbonyl (C=O) groups is 1. The lowest BCUT2D eigenvalue weighted by Gasteiger charge is -2.14. The molecule has 0 aliphatic rings. The summed E-state index contributed by atoms with van der Waals surface area (Å²) in [6.07, 6.45) is 1.49. The van der Waals surface area contributed by atoms with Crippen molar-refractivity contribution in [3.8, 4) is 17.6 Å². The van der Waals surface area contributed by atoms with Crippen LogP contribution in [0.2, 0.25) is 0 Å². The summed E-state index contributed by atoms with van der Waals surface area (Å²) in [7, 11) is 1.54. The molecule has 0 aliphatic heterocycles. The van der Waals surface area contributed by atoms with Gasteiger partial charge in [0.1, 0.15) is 18.2 Å². The first kappa shape index (κ1) is 22.6. The number of amides is 1. The van der Waals surface area contributed by atoms with Crippen LogP contribution in [0.15, 0.2) is 81.2 Å². The molecule has 5 nitrogen and oxygen atoms in total. The van der Waals surface area contributed by atoms with Gasteiger partial charge in [-0.2, -0.15) is 5.26 Å². The van der Waals surface area contributed by atoms with Crippen molar-refractivity contribution in [2.24, 2.45) is 0 Å². The molecule has 3 aromatic carbocycles. The number of halogens is 2. The van der Waals surface area contributed by atoms with Crippen molar-refractivity contribution in [2.75, 3.05) is 12.4 Å². The second-order valence-electron chi connectivity index (χ2n) is 6.42. The van der Waals surface area contributed by atoms with Crippen LogP contribution in [0, 0.1) is 11.3 Å². The maximum atomic E-state index is 12.6. The van der Waals surface area contributed by atoms with E-state index in [-0.39, 0.29) is 5.57 Å². The number of nitrogens with one attached hydrogen (secondary N) is 1. The van der Waals surface area contributed by atoms with Crippen molar-refractivity contribution in [3.05, 3.63) is 92.4 Å². The smallest absolute Gasteiger partial charge is 0.266 e. The average Bonchev–Trinajstić information content (AvgIpc) is 2.78. The molecule has 0 aromatic heterocycles. The predicted octanol–water partition coefficient (Wildman–Crippen LogP) is 6.34. The van der Waals surface area contributed by atoms with Crippen molar-refractivity contribution < 1.29 is 14.3 Å². The molecule has 0 fully saturated rings. The van der Waals surface area contributed by atoms with Gasteiger partial charge < -0.3 is 14.8 Å². The van der Waals surface area contributed by atoms with E-state index in [0.717, 1.165) is 14.5 Å². The minimum absolute atomic E-state index is 0.0512. The van der Waals surface area contributed by atoms with E-state index in [4.69, 9.17) is 9.47 Å². The summed E-state index contributed by atoms with van der Waals surface area (Å²) in [5.41, 5.74) is 2.08. The van der Waals surface area contributed by atoms with Gasteiger partial charge in [-0.15, -0.1) is 0 Å². The summed E-state index contributed by atoms with van der Waals surface area (Å²) in [5, 5.41) is 12.3. The molecule has 1 amide bonds. The maximum absolute atomic E-state index is 12.6. The Morgan fingerprint density at radius 3 is 2.29 bits per heavy atom. The Hall–Kier alpha value is -3.08. The van der Waals surface area contributed by atoms with Crippen LogP contribution in [-0.4, -0.2) is 13.0 Å². The molecule has 0 heterocycles. The van der Waals surface area contributed by atoms with Gasteiger partial charge in [-0.3, -0.25) is 4.79 Å². The number of benzene rings is 3. The van der Waals surface area contributed by atoms with Gasteiger partial charge >= 0.3 is 0 Å². The third-order valence-corrected chi connectivity index (χ3v) is 5.35. The quantitative estimate of drug-likeness (QED) is 0.279. The van der Waals surface area contributed by atoms with E-state index in [9.17, 15) is 10.1 Å². The standard InChI is InChI=1S/C24H18Br2N2O3/c1-30-22-4-2-3-17(23(22)31-15-16-5-7-19(25)8-6-16)13-18(14-27)24(29)28-21-11-9-20(26)10-12-21/h2-13H,15H2,1H3,(H,28,29)/b18-13+. The number of ether oxygens (including phenoxy) is 2. The fraction of sp³-hybridized carbons (Fsp3) is 0.0833. The van der Waals surface area contributed by atoms with E-state index >= 15 is 0 Å². The predicted molar refractivity (Wildman–Crippen MR) is 128 cm³/mol. The lowest BCUT2D eigenvalue weighted by Crippen LogP contribution is -2.13. The highest BCUT2D eigenvalue weighted by molar-refractivity contribution is 9.10. The van der Waals surface area contributed by atoms with Crippen LogP contribution < -0.4 is 14.8 Å². The minimum atomic E-state index is -0.508. The minimum Gasteiger partial charge on any atom is -0.493 e. The Kier molecular flexibility index (Phi) is 7.88. The van der Waals surface area contributed by atoms with Crippen LogP contribution in [-0.2, 0) is 11.4 Å². The number of methoxy groups -OCH3 is 1. The van der Waals surface area contributed by atoms with E-state index in [1.54, 1.807) is 37.4 Å². The first-order chi connectivity index (χ1) is 15.0. The molecular weight excluding hydrogens is 524 g/mol. The van der Waals surface area contributed by atoms with Crippen LogP contribution in [0.4, 0.5) is 5.69 Å².